The van der Waals surface area contributed by atoms with Gasteiger partial charge in [-0.05, 0) is 24.3 Å². The number of amides is 1. The van der Waals surface area contributed by atoms with Crippen LogP contribution in [0.3, 0.4) is 0 Å². The van der Waals surface area contributed by atoms with Crippen molar-refractivity contribution in [3.05, 3.63) is 35.9 Å². The Morgan fingerprint density at radius 2 is 1.86 bits per heavy atom. The molecule has 1 aliphatic rings. The molecule has 2 unspecified atom stereocenters. The topological polar surface area (TPSA) is 75.3 Å². The van der Waals surface area contributed by atoms with E-state index in [2.05, 4.69) is 5.32 Å². The van der Waals surface area contributed by atoms with Crippen LogP contribution >= 0.6 is 12.4 Å². The molecule has 4 N–H and O–H groups in total. The lowest BCUT2D eigenvalue weighted by molar-refractivity contribution is -0.130. The van der Waals surface area contributed by atoms with Crippen LogP contribution in [0.5, 0.6) is 0 Å². The van der Waals surface area contributed by atoms with Crippen molar-refractivity contribution >= 4 is 18.3 Å². The Morgan fingerprint density at radius 3 is 2.43 bits per heavy atom. The Morgan fingerprint density at radius 1 is 1.24 bits per heavy atom. The number of carbonyl (C=O) groups is 1. The van der Waals surface area contributed by atoms with Crippen molar-refractivity contribution in [1.29, 1.82) is 0 Å². The number of rotatable bonds is 5. The molecule has 2 atom stereocenters. The van der Waals surface area contributed by atoms with E-state index in [9.17, 15) is 9.90 Å². The fourth-order valence-corrected chi connectivity index (χ4v) is 2.95. The summed E-state index contributed by atoms with van der Waals surface area (Å²) in [6, 6.07) is 8.96. The minimum atomic E-state index is -1.12. The third kappa shape index (κ3) is 4.99. The van der Waals surface area contributed by atoms with Crippen molar-refractivity contribution in [1.82, 2.24) is 5.32 Å². The molecule has 2 rings (SSSR count). The predicted molar refractivity (Wildman–Crippen MR) is 86.2 cm³/mol. The molecule has 0 saturated heterocycles. The van der Waals surface area contributed by atoms with Crippen molar-refractivity contribution in [3.8, 4) is 0 Å². The van der Waals surface area contributed by atoms with E-state index < -0.39 is 6.10 Å². The second-order valence-electron chi connectivity index (χ2n) is 5.56. The van der Waals surface area contributed by atoms with E-state index in [0.29, 0.717) is 18.0 Å². The Balaban J connectivity index is 0.00000220. The summed E-state index contributed by atoms with van der Waals surface area (Å²) in [6.45, 7) is 0.428. The summed E-state index contributed by atoms with van der Waals surface area (Å²) in [4.78, 5) is 12.1. The maximum absolute atomic E-state index is 12.1. The molecule has 1 saturated carbocycles. The lowest BCUT2D eigenvalue weighted by Crippen LogP contribution is -2.47. The molecule has 1 fully saturated rings. The van der Waals surface area contributed by atoms with E-state index in [1.807, 2.05) is 18.2 Å². The fourth-order valence-electron chi connectivity index (χ4n) is 2.95. The molecule has 4 nitrogen and oxygen atoms in total. The number of hydrogen-bond donors (Lipinski definition) is 3. The second-order valence-corrected chi connectivity index (χ2v) is 5.56. The van der Waals surface area contributed by atoms with Crippen LogP contribution in [0.15, 0.2) is 30.3 Å². The molecular weight excluding hydrogens is 288 g/mol. The highest BCUT2D eigenvalue weighted by Gasteiger charge is 2.26. The molecule has 1 amide bonds. The summed E-state index contributed by atoms with van der Waals surface area (Å²) in [5, 5.41) is 13.0. The highest BCUT2D eigenvalue weighted by molar-refractivity contribution is 5.85. The number of aliphatic hydroxyl groups excluding tert-OH is 1. The van der Waals surface area contributed by atoms with Gasteiger partial charge in [-0.3, -0.25) is 4.79 Å². The van der Waals surface area contributed by atoms with Crippen LogP contribution < -0.4 is 11.1 Å². The minimum absolute atomic E-state index is 0. The summed E-state index contributed by atoms with van der Waals surface area (Å²) >= 11 is 0. The van der Waals surface area contributed by atoms with Crippen molar-refractivity contribution in [2.75, 3.05) is 6.54 Å². The third-order valence-corrected chi connectivity index (χ3v) is 4.16. The van der Waals surface area contributed by atoms with Gasteiger partial charge in [-0.25, -0.2) is 0 Å². The summed E-state index contributed by atoms with van der Waals surface area (Å²) < 4.78 is 0. The van der Waals surface area contributed by atoms with Gasteiger partial charge in [-0.2, -0.15) is 0 Å². The van der Waals surface area contributed by atoms with E-state index in [1.165, 1.54) is 19.3 Å². The quantitative estimate of drug-likeness (QED) is 0.780. The van der Waals surface area contributed by atoms with Crippen LogP contribution in [0.4, 0.5) is 0 Å². The SMILES string of the molecule is Cl.NCC(NC(=O)C(O)c1ccccc1)C1CCCCC1. The normalized spacial score (nSPS) is 18.4. The van der Waals surface area contributed by atoms with Crippen LogP contribution in [-0.4, -0.2) is 23.6 Å². The van der Waals surface area contributed by atoms with Crippen LogP contribution in [0.1, 0.15) is 43.8 Å². The fraction of sp³-hybridized carbons (Fsp3) is 0.562. The first kappa shape index (κ1) is 18.0. The average Bonchev–Trinajstić information content (AvgIpc) is 2.53. The number of aliphatic hydroxyl groups is 1. The highest BCUT2D eigenvalue weighted by Crippen LogP contribution is 2.26. The molecule has 118 valence electrons. The van der Waals surface area contributed by atoms with Gasteiger partial charge in [0.1, 0.15) is 0 Å². The number of halogens is 1. The molecule has 5 heteroatoms. The van der Waals surface area contributed by atoms with Gasteiger partial charge >= 0.3 is 0 Å². The summed E-state index contributed by atoms with van der Waals surface area (Å²) in [7, 11) is 0. The number of nitrogens with two attached hydrogens (primary N) is 1. The molecule has 0 radical (unpaired) electrons. The maximum atomic E-state index is 12.1. The van der Waals surface area contributed by atoms with Gasteiger partial charge in [0.15, 0.2) is 6.10 Å². The largest absolute Gasteiger partial charge is 0.378 e. The first-order chi connectivity index (χ1) is 9.72. The van der Waals surface area contributed by atoms with Gasteiger partial charge in [0.05, 0.1) is 0 Å². The van der Waals surface area contributed by atoms with Crippen LogP contribution in [0, 0.1) is 5.92 Å². The predicted octanol–water partition coefficient (Wildman–Crippen LogP) is 2.17. The summed E-state index contributed by atoms with van der Waals surface area (Å²) in [6.07, 6.45) is 4.80. The highest BCUT2D eigenvalue weighted by atomic mass is 35.5. The molecule has 0 aliphatic heterocycles. The Hall–Kier alpha value is -1.10. The molecule has 0 bridgehead atoms. The molecule has 1 aromatic carbocycles. The second kappa shape index (κ2) is 9.03. The first-order valence-corrected chi connectivity index (χ1v) is 7.46. The third-order valence-electron chi connectivity index (χ3n) is 4.16. The lowest BCUT2D eigenvalue weighted by Gasteiger charge is -2.30. The van der Waals surface area contributed by atoms with Gasteiger partial charge < -0.3 is 16.2 Å². The average molecular weight is 313 g/mol. The zero-order valence-corrected chi connectivity index (χ0v) is 13.0. The van der Waals surface area contributed by atoms with Gasteiger partial charge in [0.25, 0.3) is 5.91 Å². The molecule has 1 aliphatic carbocycles. The summed E-state index contributed by atoms with van der Waals surface area (Å²) in [5.74, 6) is 0.0953. The van der Waals surface area contributed by atoms with Crippen molar-refractivity contribution in [2.24, 2.45) is 11.7 Å². The number of benzene rings is 1. The van der Waals surface area contributed by atoms with E-state index in [0.717, 1.165) is 12.8 Å². The summed E-state index contributed by atoms with van der Waals surface area (Å²) in [5.41, 5.74) is 6.41. The zero-order valence-electron chi connectivity index (χ0n) is 12.2. The molecule has 21 heavy (non-hydrogen) atoms. The van der Waals surface area contributed by atoms with Crippen LogP contribution in [0.25, 0.3) is 0 Å². The first-order valence-electron chi connectivity index (χ1n) is 7.46. The molecular formula is C16H25ClN2O2. The van der Waals surface area contributed by atoms with E-state index in [-0.39, 0.29) is 24.4 Å². The van der Waals surface area contributed by atoms with Crippen LogP contribution in [0.2, 0.25) is 0 Å². The number of carbonyl (C=O) groups excluding carboxylic acids is 1. The minimum Gasteiger partial charge on any atom is -0.378 e. The number of hydrogen-bond acceptors (Lipinski definition) is 3. The van der Waals surface area contributed by atoms with E-state index in [4.69, 9.17) is 5.73 Å². The van der Waals surface area contributed by atoms with Gasteiger partial charge in [-0.1, -0.05) is 49.6 Å². The molecule has 0 spiro atoms. The van der Waals surface area contributed by atoms with Gasteiger partial charge in [-0.15, -0.1) is 12.4 Å². The van der Waals surface area contributed by atoms with E-state index in [1.54, 1.807) is 12.1 Å². The standard InChI is InChI=1S/C16H24N2O2.ClH/c17-11-14(12-7-3-1-4-8-12)18-16(20)15(19)13-9-5-2-6-10-13;/h2,5-6,9-10,12,14-15,19H,1,3-4,7-8,11,17H2,(H,18,20);1H. The smallest absolute Gasteiger partial charge is 0.253 e. The van der Waals surface area contributed by atoms with Gasteiger partial charge in [0.2, 0.25) is 0 Å². The molecule has 1 aromatic rings. The zero-order chi connectivity index (χ0) is 14.4. The van der Waals surface area contributed by atoms with Gasteiger partial charge in [0, 0.05) is 12.6 Å². The van der Waals surface area contributed by atoms with Crippen molar-refractivity contribution < 1.29 is 9.90 Å². The van der Waals surface area contributed by atoms with Crippen molar-refractivity contribution in [2.45, 2.75) is 44.2 Å². The van der Waals surface area contributed by atoms with Crippen LogP contribution in [-0.2, 0) is 4.79 Å². The van der Waals surface area contributed by atoms with E-state index >= 15 is 0 Å². The molecule has 0 aromatic heterocycles. The Labute approximate surface area is 132 Å². The lowest BCUT2D eigenvalue weighted by atomic mass is 9.84. The Bertz CT molecular complexity index is 422. The number of nitrogens with one attached hydrogen (secondary N) is 1. The Kier molecular flexibility index (Phi) is 7.72. The monoisotopic (exact) mass is 312 g/mol. The maximum Gasteiger partial charge on any atom is 0.253 e. The molecule has 0 heterocycles. The van der Waals surface area contributed by atoms with Crippen molar-refractivity contribution in [3.63, 3.8) is 0 Å².